The molecule has 1 amide bonds. The van der Waals surface area contributed by atoms with Crippen molar-refractivity contribution in [3.05, 3.63) is 29.6 Å². The molecule has 1 aromatic rings. The molecule has 0 atom stereocenters. The van der Waals surface area contributed by atoms with Gasteiger partial charge in [-0.3, -0.25) is 4.79 Å². The highest BCUT2D eigenvalue weighted by Gasteiger charge is 2.05. The number of ether oxygens (including phenoxy) is 1. The van der Waals surface area contributed by atoms with Crippen LogP contribution in [0.2, 0.25) is 0 Å². The molecule has 0 unspecified atom stereocenters. The minimum Gasteiger partial charge on any atom is -0.484 e. The molecule has 0 bridgehead atoms. The van der Waals surface area contributed by atoms with Gasteiger partial charge in [-0.2, -0.15) is 0 Å². The second-order valence-corrected chi connectivity index (χ2v) is 3.92. The number of hydrogen-bond acceptors (Lipinski definition) is 2. The third-order valence-corrected chi connectivity index (χ3v) is 1.95. The van der Waals surface area contributed by atoms with Crippen molar-refractivity contribution < 1.29 is 13.9 Å². The second-order valence-electron chi connectivity index (χ2n) is 3.92. The summed E-state index contributed by atoms with van der Waals surface area (Å²) in [6.07, 6.45) is 0. The van der Waals surface area contributed by atoms with Crippen LogP contribution >= 0.6 is 0 Å². The maximum absolute atomic E-state index is 12.9. The number of nitrogens with one attached hydrogen (secondary N) is 1. The number of rotatable bonds is 4. The van der Waals surface area contributed by atoms with Gasteiger partial charge in [0, 0.05) is 6.04 Å². The first-order chi connectivity index (χ1) is 7.49. The highest BCUT2D eigenvalue weighted by Crippen LogP contribution is 2.15. The minimum atomic E-state index is -0.279. The van der Waals surface area contributed by atoms with Crippen molar-refractivity contribution in [3.63, 3.8) is 0 Å². The molecule has 0 heterocycles. The Morgan fingerprint density at radius 3 is 2.75 bits per heavy atom. The highest BCUT2D eigenvalue weighted by molar-refractivity contribution is 5.77. The Labute approximate surface area is 94.6 Å². The van der Waals surface area contributed by atoms with Gasteiger partial charge < -0.3 is 10.1 Å². The molecule has 0 aromatic heterocycles. The zero-order valence-corrected chi connectivity index (χ0v) is 9.71. The van der Waals surface area contributed by atoms with E-state index in [1.807, 2.05) is 13.8 Å². The Bertz CT molecular complexity index is 377. The number of carbonyl (C=O) groups excluding carboxylic acids is 1. The van der Waals surface area contributed by atoms with Crippen LogP contribution in [0.5, 0.6) is 5.75 Å². The summed E-state index contributed by atoms with van der Waals surface area (Å²) in [7, 11) is 0. The van der Waals surface area contributed by atoms with Crippen molar-refractivity contribution in [2.45, 2.75) is 26.8 Å². The first-order valence-corrected chi connectivity index (χ1v) is 5.17. The van der Waals surface area contributed by atoms with Gasteiger partial charge in [-0.1, -0.05) is 0 Å². The van der Waals surface area contributed by atoms with E-state index in [4.69, 9.17) is 4.74 Å². The van der Waals surface area contributed by atoms with E-state index in [-0.39, 0.29) is 24.4 Å². The van der Waals surface area contributed by atoms with Gasteiger partial charge in [0.25, 0.3) is 5.91 Å². The molecular formula is C12H16FNO2. The molecule has 4 heteroatoms. The Hall–Kier alpha value is -1.58. The van der Waals surface area contributed by atoms with Gasteiger partial charge >= 0.3 is 0 Å². The van der Waals surface area contributed by atoms with E-state index in [0.29, 0.717) is 11.3 Å². The number of amides is 1. The average Bonchev–Trinajstić information content (AvgIpc) is 2.19. The Balaban J connectivity index is 2.48. The van der Waals surface area contributed by atoms with Gasteiger partial charge in [0.2, 0.25) is 0 Å². The number of aryl methyl sites for hydroxylation is 1. The van der Waals surface area contributed by atoms with Gasteiger partial charge in [0.15, 0.2) is 6.61 Å². The van der Waals surface area contributed by atoms with Crippen LogP contribution in [0.25, 0.3) is 0 Å². The predicted octanol–water partition coefficient (Wildman–Crippen LogP) is 2.04. The summed E-state index contributed by atoms with van der Waals surface area (Å²) >= 11 is 0. The molecule has 0 aliphatic heterocycles. The quantitative estimate of drug-likeness (QED) is 0.851. The molecule has 3 nitrogen and oxygen atoms in total. The van der Waals surface area contributed by atoms with Crippen molar-refractivity contribution >= 4 is 5.91 Å². The van der Waals surface area contributed by atoms with Gasteiger partial charge in [0.05, 0.1) is 0 Å². The molecule has 0 saturated carbocycles. The molecule has 0 aliphatic carbocycles. The van der Waals surface area contributed by atoms with Crippen molar-refractivity contribution in [1.82, 2.24) is 5.32 Å². The fourth-order valence-corrected chi connectivity index (χ4v) is 1.22. The van der Waals surface area contributed by atoms with Crippen molar-refractivity contribution in [3.8, 4) is 5.75 Å². The van der Waals surface area contributed by atoms with Crippen LogP contribution in [0.3, 0.4) is 0 Å². The normalized spacial score (nSPS) is 10.3. The second kappa shape index (κ2) is 5.49. The van der Waals surface area contributed by atoms with E-state index in [1.165, 1.54) is 12.1 Å². The summed E-state index contributed by atoms with van der Waals surface area (Å²) in [6, 6.07) is 4.49. The summed E-state index contributed by atoms with van der Waals surface area (Å²) < 4.78 is 18.2. The molecule has 1 rings (SSSR count). The highest BCUT2D eigenvalue weighted by atomic mass is 19.1. The Morgan fingerprint density at radius 1 is 1.50 bits per heavy atom. The van der Waals surface area contributed by atoms with Crippen molar-refractivity contribution in [1.29, 1.82) is 0 Å². The van der Waals surface area contributed by atoms with E-state index >= 15 is 0 Å². The largest absolute Gasteiger partial charge is 0.484 e. The van der Waals surface area contributed by atoms with Crippen LogP contribution in [-0.2, 0) is 4.79 Å². The summed E-state index contributed by atoms with van der Waals surface area (Å²) in [5.74, 6) is 0.0359. The zero-order chi connectivity index (χ0) is 12.1. The Morgan fingerprint density at radius 2 is 2.19 bits per heavy atom. The van der Waals surface area contributed by atoms with Gasteiger partial charge in [-0.25, -0.2) is 4.39 Å². The standard InChI is InChI=1S/C12H16FNO2/c1-8(2)14-12(15)7-16-10-4-5-11(13)9(3)6-10/h4-6,8H,7H2,1-3H3,(H,14,15). The Kier molecular flexibility index (Phi) is 4.28. The lowest BCUT2D eigenvalue weighted by molar-refractivity contribution is -0.123. The third kappa shape index (κ3) is 3.88. The molecule has 0 radical (unpaired) electrons. The van der Waals surface area contributed by atoms with Crippen molar-refractivity contribution in [2.24, 2.45) is 0 Å². The zero-order valence-electron chi connectivity index (χ0n) is 9.71. The topological polar surface area (TPSA) is 38.3 Å². The van der Waals surface area contributed by atoms with Crippen molar-refractivity contribution in [2.75, 3.05) is 6.61 Å². The van der Waals surface area contributed by atoms with E-state index in [1.54, 1.807) is 13.0 Å². The number of benzene rings is 1. The molecule has 0 fully saturated rings. The third-order valence-electron chi connectivity index (χ3n) is 1.95. The van der Waals surface area contributed by atoms with E-state index in [9.17, 15) is 9.18 Å². The molecule has 1 N–H and O–H groups in total. The van der Waals surface area contributed by atoms with Gasteiger partial charge in [0.1, 0.15) is 11.6 Å². The number of halogens is 1. The molecule has 16 heavy (non-hydrogen) atoms. The summed E-state index contributed by atoms with van der Waals surface area (Å²) in [4.78, 5) is 11.3. The number of hydrogen-bond donors (Lipinski definition) is 1. The molecule has 0 aliphatic rings. The van der Waals surface area contributed by atoms with E-state index < -0.39 is 0 Å². The van der Waals surface area contributed by atoms with Crippen LogP contribution in [-0.4, -0.2) is 18.6 Å². The van der Waals surface area contributed by atoms with Gasteiger partial charge in [-0.05, 0) is 44.5 Å². The smallest absolute Gasteiger partial charge is 0.258 e. The summed E-state index contributed by atoms with van der Waals surface area (Å²) in [6.45, 7) is 5.35. The lowest BCUT2D eigenvalue weighted by Gasteiger charge is -2.10. The maximum Gasteiger partial charge on any atom is 0.258 e. The first kappa shape index (κ1) is 12.5. The molecule has 0 saturated heterocycles. The molecule has 1 aromatic carbocycles. The van der Waals surface area contributed by atoms with Crippen LogP contribution in [0.15, 0.2) is 18.2 Å². The van der Waals surface area contributed by atoms with Gasteiger partial charge in [-0.15, -0.1) is 0 Å². The van der Waals surface area contributed by atoms with E-state index in [0.717, 1.165) is 0 Å². The molecule has 0 spiro atoms. The van der Waals surface area contributed by atoms with Crippen LogP contribution in [0.4, 0.5) is 4.39 Å². The lowest BCUT2D eigenvalue weighted by atomic mass is 10.2. The number of carbonyl (C=O) groups is 1. The van der Waals surface area contributed by atoms with Crippen LogP contribution in [0, 0.1) is 12.7 Å². The first-order valence-electron chi connectivity index (χ1n) is 5.17. The van der Waals surface area contributed by atoms with E-state index in [2.05, 4.69) is 5.32 Å². The predicted molar refractivity (Wildman–Crippen MR) is 59.9 cm³/mol. The maximum atomic E-state index is 12.9. The molecular weight excluding hydrogens is 209 g/mol. The van der Waals surface area contributed by atoms with Crippen LogP contribution in [0.1, 0.15) is 19.4 Å². The fraction of sp³-hybridized carbons (Fsp3) is 0.417. The monoisotopic (exact) mass is 225 g/mol. The summed E-state index contributed by atoms with van der Waals surface area (Å²) in [5, 5.41) is 2.70. The SMILES string of the molecule is Cc1cc(OCC(=O)NC(C)C)ccc1F. The average molecular weight is 225 g/mol. The fourth-order valence-electron chi connectivity index (χ4n) is 1.22. The minimum absolute atomic E-state index is 0.0523. The lowest BCUT2D eigenvalue weighted by Crippen LogP contribution is -2.34. The van der Waals surface area contributed by atoms with Crippen LogP contribution < -0.4 is 10.1 Å². The summed E-state index contributed by atoms with van der Waals surface area (Å²) in [5.41, 5.74) is 0.502. The molecule has 88 valence electrons.